The molecule has 0 saturated carbocycles. The van der Waals surface area contributed by atoms with E-state index in [0.717, 1.165) is 26.1 Å². The summed E-state index contributed by atoms with van der Waals surface area (Å²) in [6.45, 7) is 7.59. The smallest absolute Gasteiger partial charge is 0.0270 e. The van der Waals surface area contributed by atoms with Crippen LogP contribution in [0.15, 0.2) is 24.5 Å². The van der Waals surface area contributed by atoms with Gasteiger partial charge >= 0.3 is 0 Å². The second-order valence-corrected chi connectivity index (χ2v) is 4.16. The fraction of sp³-hybridized carbons (Fsp3) is 0.615. The third-order valence-electron chi connectivity index (χ3n) is 2.53. The maximum atomic E-state index is 4.01. The first kappa shape index (κ1) is 13.1. The summed E-state index contributed by atoms with van der Waals surface area (Å²) >= 11 is 0. The normalized spacial score (nSPS) is 12.6. The monoisotopic (exact) mass is 221 g/mol. The van der Waals surface area contributed by atoms with Crippen molar-refractivity contribution in [2.45, 2.75) is 32.7 Å². The summed E-state index contributed by atoms with van der Waals surface area (Å²) in [5, 5.41) is 6.92. The van der Waals surface area contributed by atoms with E-state index < -0.39 is 0 Å². The summed E-state index contributed by atoms with van der Waals surface area (Å²) in [5.74, 6) is 0. The highest BCUT2D eigenvalue weighted by atomic mass is 15.0. The molecule has 3 heteroatoms. The second kappa shape index (κ2) is 8.25. The average Bonchev–Trinajstić information content (AvgIpc) is 2.31. The Labute approximate surface area is 98.7 Å². The third kappa shape index (κ3) is 5.83. The van der Waals surface area contributed by atoms with Crippen LogP contribution >= 0.6 is 0 Å². The quantitative estimate of drug-likeness (QED) is 0.655. The zero-order chi connectivity index (χ0) is 11.6. The SMILES string of the molecule is CCCNCC(C)NCCc1ccncc1. The number of aromatic nitrogens is 1. The molecule has 2 N–H and O–H groups in total. The van der Waals surface area contributed by atoms with E-state index in [4.69, 9.17) is 0 Å². The molecule has 0 bridgehead atoms. The zero-order valence-corrected chi connectivity index (χ0v) is 10.4. The maximum Gasteiger partial charge on any atom is 0.0270 e. The lowest BCUT2D eigenvalue weighted by atomic mass is 10.2. The van der Waals surface area contributed by atoms with Crippen LogP contribution in [0.1, 0.15) is 25.8 Å². The lowest BCUT2D eigenvalue weighted by Gasteiger charge is -2.14. The molecule has 90 valence electrons. The van der Waals surface area contributed by atoms with Crippen LogP contribution in [-0.4, -0.2) is 30.7 Å². The molecule has 0 aliphatic heterocycles. The van der Waals surface area contributed by atoms with Crippen molar-refractivity contribution in [2.24, 2.45) is 0 Å². The summed E-state index contributed by atoms with van der Waals surface area (Å²) in [4.78, 5) is 4.01. The van der Waals surface area contributed by atoms with E-state index in [1.807, 2.05) is 12.4 Å². The number of nitrogens with zero attached hydrogens (tertiary/aromatic N) is 1. The molecule has 1 heterocycles. The van der Waals surface area contributed by atoms with E-state index in [1.54, 1.807) is 0 Å². The molecule has 0 radical (unpaired) electrons. The summed E-state index contributed by atoms with van der Waals surface area (Å²) in [6.07, 6.45) is 5.97. The molecule has 0 saturated heterocycles. The van der Waals surface area contributed by atoms with Gasteiger partial charge in [-0.2, -0.15) is 0 Å². The van der Waals surface area contributed by atoms with Gasteiger partial charge in [0.15, 0.2) is 0 Å². The fourth-order valence-electron chi connectivity index (χ4n) is 1.58. The first-order valence-electron chi connectivity index (χ1n) is 6.16. The lowest BCUT2D eigenvalue weighted by molar-refractivity contribution is 0.504. The number of hydrogen-bond donors (Lipinski definition) is 2. The molecule has 16 heavy (non-hydrogen) atoms. The summed E-state index contributed by atoms with van der Waals surface area (Å²) in [5.41, 5.74) is 1.34. The largest absolute Gasteiger partial charge is 0.315 e. The van der Waals surface area contributed by atoms with Gasteiger partial charge in [-0.25, -0.2) is 0 Å². The van der Waals surface area contributed by atoms with Gasteiger partial charge < -0.3 is 10.6 Å². The number of rotatable bonds is 8. The lowest BCUT2D eigenvalue weighted by Crippen LogP contribution is -2.37. The first-order valence-corrected chi connectivity index (χ1v) is 6.16. The van der Waals surface area contributed by atoms with E-state index in [2.05, 4.69) is 41.6 Å². The van der Waals surface area contributed by atoms with Crippen molar-refractivity contribution in [2.75, 3.05) is 19.6 Å². The minimum absolute atomic E-state index is 0.536. The average molecular weight is 221 g/mol. The molecular formula is C13H23N3. The standard InChI is InChI=1S/C13H23N3/c1-3-7-15-11-12(2)16-10-6-13-4-8-14-9-5-13/h4-5,8-9,12,15-16H,3,6-7,10-11H2,1-2H3. The van der Waals surface area contributed by atoms with Crippen LogP contribution in [0, 0.1) is 0 Å². The molecule has 1 aromatic heterocycles. The van der Waals surface area contributed by atoms with Crippen LogP contribution in [0.3, 0.4) is 0 Å². The highest BCUT2D eigenvalue weighted by molar-refractivity contribution is 5.09. The summed E-state index contributed by atoms with van der Waals surface area (Å²) in [7, 11) is 0. The van der Waals surface area contributed by atoms with Crippen molar-refractivity contribution in [3.63, 3.8) is 0 Å². The minimum Gasteiger partial charge on any atom is -0.315 e. The molecule has 1 atom stereocenters. The first-order chi connectivity index (χ1) is 7.83. The van der Waals surface area contributed by atoms with Gasteiger partial charge in [-0.1, -0.05) is 6.92 Å². The van der Waals surface area contributed by atoms with Gasteiger partial charge in [0.2, 0.25) is 0 Å². The fourth-order valence-corrected chi connectivity index (χ4v) is 1.58. The summed E-state index contributed by atoms with van der Waals surface area (Å²) in [6, 6.07) is 4.68. The molecule has 0 aliphatic rings. The Bertz CT molecular complexity index is 261. The van der Waals surface area contributed by atoms with Crippen LogP contribution in [0.5, 0.6) is 0 Å². The Kier molecular flexibility index (Phi) is 6.77. The van der Waals surface area contributed by atoms with Gasteiger partial charge in [0, 0.05) is 25.0 Å². The van der Waals surface area contributed by atoms with Gasteiger partial charge in [-0.05, 0) is 50.6 Å². The van der Waals surface area contributed by atoms with Gasteiger partial charge in [-0.15, -0.1) is 0 Å². The van der Waals surface area contributed by atoms with Crippen molar-refractivity contribution < 1.29 is 0 Å². The molecule has 0 fully saturated rings. The Balaban J connectivity index is 2.06. The molecule has 1 aromatic rings. The molecule has 1 unspecified atom stereocenters. The van der Waals surface area contributed by atoms with E-state index in [1.165, 1.54) is 12.0 Å². The van der Waals surface area contributed by atoms with E-state index in [0.29, 0.717) is 6.04 Å². The minimum atomic E-state index is 0.536. The van der Waals surface area contributed by atoms with Crippen LogP contribution in [0.4, 0.5) is 0 Å². The van der Waals surface area contributed by atoms with Gasteiger partial charge in [0.1, 0.15) is 0 Å². The number of hydrogen-bond acceptors (Lipinski definition) is 3. The van der Waals surface area contributed by atoms with Crippen molar-refractivity contribution in [1.82, 2.24) is 15.6 Å². The van der Waals surface area contributed by atoms with Gasteiger partial charge in [-0.3, -0.25) is 4.98 Å². The predicted octanol–water partition coefficient (Wildman–Crippen LogP) is 1.60. The molecule has 3 nitrogen and oxygen atoms in total. The van der Waals surface area contributed by atoms with Gasteiger partial charge in [0.25, 0.3) is 0 Å². The molecule has 0 aromatic carbocycles. The maximum absolute atomic E-state index is 4.01. The molecule has 0 aliphatic carbocycles. The molecular weight excluding hydrogens is 198 g/mol. The second-order valence-electron chi connectivity index (χ2n) is 4.16. The Morgan fingerprint density at radius 1 is 1.25 bits per heavy atom. The van der Waals surface area contributed by atoms with Crippen LogP contribution in [0.25, 0.3) is 0 Å². The van der Waals surface area contributed by atoms with Crippen LogP contribution in [-0.2, 0) is 6.42 Å². The molecule has 0 spiro atoms. The van der Waals surface area contributed by atoms with E-state index >= 15 is 0 Å². The number of nitrogens with one attached hydrogen (secondary N) is 2. The zero-order valence-electron chi connectivity index (χ0n) is 10.4. The summed E-state index contributed by atoms with van der Waals surface area (Å²) < 4.78 is 0. The molecule has 0 amide bonds. The predicted molar refractivity (Wildman–Crippen MR) is 68.6 cm³/mol. The Morgan fingerprint density at radius 2 is 2.00 bits per heavy atom. The van der Waals surface area contributed by atoms with E-state index in [9.17, 15) is 0 Å². The Morgan fingerprint density at radius 3 is 2.69 bits per heavy atom. The number of pyridine rings is 1. The van der Waals surface area contributed by atoms with Crippen molar-refractivity contribution in [1.29, 1.82) is 0 Å². The van der Waals surface area contributed by atoms with Gasteiger partial charge in [0.05, 0.1) is 0 Å². The highest BCUT2D eigenvalue weighted by Crippen LogP contribution is 1.96. The van der Waals surface area contributed by atoms with E-state index in [-0.39, 0.29) is 0 Å². The molecule has 1 rings (SSSR count). The van der Waals surface area contributed by atoms with Crippen LogP contribution in [0.2, 0.25) is 0 Å². The topological polar surface area (TPSA) is 37.0 Å². The Hall–Kier alpha value is -0.930. The van der Waals surface area contributed by atoms with Crippen molar-refractivity contribution in [3.05, 3.63) is 30.1 Å². The van der Waals surface area contributed by atoms with Crippen LogP contribution < -0.4 is 10.6 Å². The van der Waals surface area contributed by atoms with Crippen molar-refractivity contribution >= 4 is 0 Å². The third-order valence-corrected chi connectivity index (χ3v) is 2.53. The highest BCUT2D eigenvalue weighted by Gasteiger charge is 1.99. The van der Waals surface area contributed by atoms with Crippen molar-refractivity contribution in [3.8, 4) is 0 Å².